The van der Waals surface area contributed by atoms with Crippen LogP contribution in [0.25, 0.3) is 0 Å². The molecule has 8 nitrogen and oxygen atoms in total. The Balaban J connectivity index is 1.47. The highest BCUT2D eigenvalue weighted by Gasteiger charge is 2.25. The van der Waals surface area contributed by atoms with Gasteiger partial charge < -0.3 is 10.2 Å². The van der Waals surface area contributed by atoms with Gasteiger partial charge in [0.05, 0.1) is 24.8 Å². The Kier molecular flexibility index (Phi) is 5.23. The predicted molar refractivity (Wildman–Crippen MR) is 91.4 cm³/mol. The molecule has 2 aromatic heterocycles. The third-order valence-corrected chi connectivity index (χ3v) is 4.38. The van der Waals surface area contributed by atoms with E-state index in [1.807, 2.05) is 13.0 Å². The minimum absolute atomic E-state index is 0.0100. The third-order valence-electron chi connectivity index (χ3n) is 4.38. The number of nitriles is 1. The maximum Gasteiger partial charge on any atom is 0.223 e. The summed E-state index contributed by atoms with van der Waals surface area (Å²) < 4.78 is 0. The first-order valence-corrected chi connectivity index (χ1v) is 8.47. The molecule has 1 aliphatic heterocycles. The van der Waals surface area contributed by atoms with Crippen molar-refractivity contribution in [1.82, 2.24) is 25.3 Å². The molecule has 0 radical (unpaired) electrons. The number of rotatable bonds is 5. The Morgan fingerprint density at radius 2 is 2.16 bits per heavy atom. The summed E-state index contributed by atoms with van der Waals surface area (Å²) in [4.78, 5) is 20.4. The van der Waals surface area contributed by atoms with E-state index in [2.05, 4.69) is 31.5 Å². The lowest BCUT2D eigenvalue weighted by Gasteiger charge is -2.32. The predicted octanol–water partition coefficient (Wildman–Crippen LogP) is 1.10. The van der Waals surface area contributed by atoms with Crippen LogP contribution in [0, 0.1) is 17.2 Å². The van der Waals surface area contributed by atoms with Gasteiger partial charge in [-0.05, 0) is 31.9 Å². The first-order chi connectivity index (χ1) is 12.2. The molecule has 8 heteroatoms. The summed E-state index contributed by atoms with van der Waals surface area (Å²) in [6, 6.07) is 5.69. The molecule has 0 unspecified atom stereocenters. The molecular weight excluding hydrogens is 318 g/mol. The third kappa shape index (κ3) is 4.12. The number of piperidine rings is 1. The van der Waals surface area contributed by atoms with Gasteiger partial charge in [-0.2, -0.15) is 20.3 Å². The van der Waals surface area contributed by atoms with Crippen LogP contribution in [0.4, 0.5) is 5.82 Å². The van der Waals surface area contributed by atoms with Crippen LogP contribution in [0.1, 0.15) is 31.0 Å². The van der Waals surface area contributed by atoms with E-state index in [1.165, 1.54) is 0 Å². The van der Waals surface area contributed by atoms with Crippen molar-refractivity contribution < 1.29 is 4.79 Å². The monoisotopic (exact) mass is 339 g/mol. The second-order valence-electron chi connectivity index (χ2n) is 6.02. The van der Waals surface area contributed by atoms with Crippen molar-refractivity contribution in [1.29, 1.82) is 5.26 Å². The molecule has 1 saturated heterocycles. The number of carbonyl (C=O) groups excluding carboxylic acids is 1. The molecule has 1 N–H and O–H groups in total. The second-order valence-corrected chi connectivity index (χ2v) is 6.02. The molecule has 1 amide bonds. The van der Waals surface area contributed by atoms with Crippen LogP contribution in [0.3, 0.4) is 0 Å². The number of hydrogen-bond donors (Lipinski definition) is 1. The van der Waals surface area contributed by atoms with Gasteiger partial charge in [0.2, 0.25) is 5.91 Å². The zero-order valence-corrected chi connectivity index (χ0v) is 14.2. The van der Waals surface area contributed by atoms with Crippen molar-refractivity contribution in [2.75, 3.05) is 18.0 Å². The Bertz CT molecular complexity index is 754. The van der Waals surface area contributed by atoms with Crippen molar-refractivity contribution in [2.24, 2.45) is 5.92 Å². The van der Waals surface area contributed by atoms with E-state index in [-0.39, 0.29) is 11.8 Å². The highest BCUT2D eigenvalue weighted by molar-refractivity contribution is 5.78. The number of amides is 1. The Labute approximate surface area is 146 Å². The van der Waals surface area contributed by atoms with Gasteiger partial charge in [-0.15, -0.1) is 0 Å². The van der Waals surface area contributed by atoms with Crippen LogP contribution in [-0.4, -0.2) is 39.0 Å². The minimum Gasteiger partial charge on any atom is -0.357 e. The summed E-state index contributed by atoms with van der Waals surface area (Å²) in [6.07, 6.45) is 4.84. The lowest BCUT2D eigenvalue weighted by Crippen LogP contribution is -2.40. The number of carbonyl (C=O) groups is 1. The van der Waals surface area contributed by atoms with Crippen LogP contribution in [0.5, 0.6) is 0 Å². The normalized spacial score (nSPS) is 15.0. The molecule has 130 valence electrons. The smallest absolute Gasteiger partial charge is 0.223 e. The van der Waals surface area contributed by atoms with Gasteiger partial charge in [-0.3, -0.25) is 4.79 Å². The summed E-state index contributed by atoms with van der Waals surface area (Å²) in [5, 5.41) is 20.1. The highest BCUT2D eigenvalue weighted by Crippen LogP contribution is 2.22. The first kappa shape index (κ1) is 16.9. The molecule has 0 aliphatic carbocycles. The van der Waals surface area contributed by atoms with E-state index in [0.717, 1.165) is 44.0 Å². The molecule has 25 heavy (non-hydrogen) atoms. The van der Waals surface area contributed by atoms with Gasteiger partial charge in [-0.25, -0.2) is 4.98 Å². The molecule has 1 aliphatic rings. The number of nitrogens with zero attached hydrogens (tertiary/aromatic N) is 6. The Morgan fingerprint density at radius 3 is 2.76 bits per heavy atom. The second kappa shape index (κ2) is 7.75. The van der Waals surface area contributed by atoms with E-state index >= 15 is 0 Å². The van der Waals surface area contributed by atoms with Crippen molar-refractivity contribution in [3.63, 3.8) is 0 Å². The van der Waals surface area contributed by atoms with Crippen LogP contribution in [0.2, 0.25) is 0 Å². The average molecular weight is 339 g/mol. The largest absolute Gasteiger partial charge is 0.357 e. The lowest BCUT2D eigenvalue weighted by molar-refractivity contribution is -0.125. The summed E-state index contributed by atoms with van der Waals surface area (Å²) in [5.74, 6) is 0.934. The van der Waals surface area contributed by atoms with Crippen LogP contribution in [0.15, 0.2) is 24.5 Å². The molecule has 0 spiro atoms. The van der Waals surface area contributed by atoms with Gasteiger partial charge >= 0.3 is 0 Å². The standard InChI is InChI=1S/C17H21N7O/c1-2-24-21-12-15(22-24)11-20-17(25)14-5-7-23(8-6-14)16-4-3-13(9-18)10-19-16/h3-4,10,12,14H,2,5-8,11H2,1H3,(H,20,25). The quantitative estimate of drug-likeness (QED) is 0.875. The van der Waals surface area contributed by atoms with Gasteiger partial charge in [-0.1, -0.05) is 0 Å². The minimum atomic E-state index is 0.0100. The van der Waals surface area contributed by atoms with E-state index in [4.69, 9.17) is 5.26 Å². The fourth-order valence-electron chi connectivity index (χ4n) is 2.90. The van der Waals surface area contributed by atoms with Gasteiger partial charge in [0.1, 0.15) is 17.6 Å². The maximum absolute atomic E-state index is 12.3. The van der Waals surface area contributed by atoms with Crippen molar-refractivity contribution in [3.05, 3.63) is 35.8 Å². The molecule has 3 rings (SSSR count). The fraction of sp³-hybridized carbons (Fsp3) is 0.471. The summed E-state index contributed by atoms with van der Waals surface area (Å²) in [5.41, 5.74) is 1.33. The van der Waals surface area contributed by atoms with Crippen molar-refractivity contribution in [3.8, 4) is 6.07 Å². The number of hydrogen-bond acceptors (Lipinski definition) is 6. The van der Waals surface area contributed by atoms with Crippen molar-refractivity contribution in [2.45, 2.75) is 32.9 Å². The topological polar surface area (TPSA) is 99.7 Å². The lowest BCUT2D eigenvalue weighted by atomic mass is 9.96. The Hall–Kier alpha value is -2.95. The molecule has 1 fully saturated rings. The number of aromatic nitrogens is 4. The molecule has 3 heterocycles. The fourth-order valence-corrected chi connectivity index (χ4v) is 2.90. The Morgan fingerprint density at radius 1 is 1.36 bits per heavy atom. The average Bonchev–Trinajstić information content (AvgIpc) is 3.14. The zero-order chi connectivity index (χ0) is 17.6. The molecule has 0 atom stereocenters. The van der Waals surface area contributed by atoms with E-state index < -0.39 is 0 Å². The first-order valence-electron chi connectivity index (χ1n) is 8.47. The van der Waals surface area contributed by atoms with E-state index in [1.54, 1.807) is 23.3 Å². The van der Waals surface area contributed by atoms with Crippen LogP contribution in [-0.2, 0) is 17.9 Å². The molecule has 0 bridgehead atoms. The summed E-state index contributed by atoms with van der Waals surface area (Å²) in [7, 11) is 0. The van der Waals surface area contributed by atoms with Gasteiger partial charge in [0.25, 0.3) is 0 Å². The summed E-state index contributed by atoms with van der Waals surface area (Å²) in [6.45, 7) is 4.66. The number of nitrogens with one attached hydrogen (secondary N) is 1. The molecule has 2 aromatic rings. The molecule has 0 saturated carbocycles. The van der Waals surface area contributed by atoms with Gasteiger partial charge in [0, 0.05) is 25.2 Å². The van der Waals surface area contributed by atoms with Crippen LogP contribution >= 0.6 is 0 Å². The summed E-state index contributed by atoms with van der Waals surface area (Å²) >= 11 is 0. The number of pyridine rings is 1. The van der Waals surface area contributed by atoms with E-state index in [0.29, 0.717) is 12.1 Å². The van der Waals surface area contributed by atoms with Gasteiger partial charge in [0.15, 0.2) is 0 Å². The zero-order valence-electron chi connectivity index (χ0n) is 14.2. The highest BCUT2D eigenvalue weighted by atomic mass is 16.1. The number of anilines is 1. The molecular formula is C17H21N7O. The van der Waals surface area contributed by atoms with E-state index in [9.17, 15) is 4.79 Å². The SMILES string of the molecule is CCn1ncc(CNC(=O)C2CCN(c3ccc(C#N)cn3)CC2)n1. The number of aryl methyl sites for hydroxylation is 1. The van der Waals surface area contributed by atoms with Crippen molar-refractivity contribution >= 4 is 11.7 Å². The van der Waals surface area contributed by atoms with Crippen LogP contribution < -0.4 is 10.2 Å². The molecule has 0 aromatic carbocycles. The maximum atomic E-state index is 12.3.